The van der Waals surface area contributed by atoms with Crippen molar-refractivity contribution in [2.45, 2.75) is 0 Å². The number of rotatable bonds is 3. The van der Waals surface area contributed by atoms with E-state index < -0.39 is 0 Å². The Morgan fingerprint density at radius 2 is 0.607 bits per heavy atom. The molecule has 0 bridgehead atoms. The van der Waals surface area contributed by atoms with E-state index in [1.54, 1.807) is 0 Å². The van der Waals surface area contributed by atoms with Crippen LogP contribution in [-0.4, -0.2) is 12.6 Å². The zero-order valence-corrected chi connectivity index (χ0v) is 21.5. The van der Waals surface area contributed by atoms with Gasteiger partial charge in [0.2, 0.25) is 0 Å². The van der Waals surface area contributed by atoms with Crippen molar-refractivity contribution in [1.29, 1.82) is 0 Å². The van der Waals surface area contributed by atoms with Crippen molar-refractivity contribution >= 4 is 87.1 Å². The van der Waals surface area contributed by atoms with Gasteiger partial charge in [0.25, 0.3) is 0 Å². The molecule has 3 rings (SSSR count). The van der Waals surface area contributed by atoms with Gasteiger partial charge >= 0.3 is 22.4 Å². The standard InChI is InChI=1S/3C7H6S2.Au/c3*8-7(9)6-4-2-1-3-5-6;/h3*1-5H,(H,8,9);/q;;;+3/p-3. The summed E-state index contributed by atoms with van der Waals surface area (Å²) < 4.78 is 1.61. The third-order valence-corrected chi connectivity index (χ3v) is 4.44. The fourth-order valence-corrected chi connectivity index (χ4v) is 2.54. The molecule has 0 aliphatic rings. The molecule has 3 aromatic carbocycles. The number of benzene rings is 3. The second kappa shape index (κ2) is 16.2. The fourth-order valence-electron chi connectivity index (χ4n) is 1.72. The first-order valence-corrected chi connectivity index (χ1v) is 10.2. The predicted molar refractivity (Wildman–Crippen MR) is 137 cm³/mol. The molecular weight excluding hydrogens is 642 g/mol. The molecule has 0 fully saturated rings. The molecule has 0 atom stereocenters. The third kappa shape index (κ3) is 12.0. The number of thiocarbonyl (C=S) groups is 3. The van der Waals surface area contributed by atoms with E-state index in [1.165, 1.54) is 0 Å². The van der Waals surface area contributed by atoms with E-state index in [9.17, 15) is 0 Å². The van der Waals surface area contributed by atoms with Crippen molar-refractivity contribution < 1.29 is 22.4 Å². The van der Waals surface area contributed by atoms with Gasteiger partial charge in [-0.25, -0.2) is 0 Å². The Balaban J connectivity index is 0.000000384. The molecule has 0 radical (unpaired) electrons. The largest absolute Gasteiger partial charge is 3.00 e. The minimum atomic E-state index is 0. The van der Waals surface area contributed by atoms with Crippen molar-refractivity contribution in [3.63, 3.8) is 0 Å². The maximum Gasteiger partial charge on any atom is 3.00 e. The van der Waals surface area contributed by atoms with Crippen LogP contribution in [0.3, 0.4) is 0 Å². The second-order valence-corrected chi connectivity index (χ2v) is 8.19. The van der Waals surface area contributed by atoms with E-state index in [1.807, 2.05) is 91.0 Å². The van der Waals surface area contributed by atoms with Gasteiger partial charge in [0, 0.05) is 0 Å². The average molecular weight is 657 g/mol. The molecule has 28 heavy (non-hydrogen) atoms. The molecule has 0 N–H and O–H groups in total. The Hall–Kier alpha value is -0.670. The van der Waals surface area contributed by atoms with Crippen LogP contribution in [0.2, 0.25) is 0 Å². The summed E-state index contributed by atoms with van der Waals surface area (Å²) >= 11 is 28.7. The van der Waals surface area contributed by atoms with Crippen LogP contribution in [0.1, 0.15) is 16.7 Å². The van der Waals surface area contributed by atoms with Gasteiger partial charge in [0.1, 0.15) is 0 Å². The van der Waals surface area contributed by atoms with Gasteiger partial charge in [-0.3, -0.25) is 0 Å². The smallest absolute Gasteiger partial charge is 0.428 e. The summed E-state index contributed by atoms with van der Waals surface area (Å²) in [7, 11) is 0. The van der Waals surface area contributed by atoms with Crippen molar-refractivity contribution in [2.75, 3.05) is 0 Å². The summed E-state index contributed by atoms with van der Waals surface area (Å²) in [5, 5.41) is 0. The van der Waals surface area contributed by atoms with Gasteiger partial charge in [-0.05, 0) is 16.7 Å². The van der Waals surface area contributed by atoms with Gasteiger partial charge < -0.3 is 74.5 Å². The Kier molecular flexibility index (Phi) is 15.8. The van der Waals surface area contributed by atoms with Crippen LogP contribution in [0, 0.1) is 0 Å². The van der Waals surface area contributed by atoms with E-state index >= 15 is 0 Å². The Morgan fingerprint density at radius 1 is 0.429 bits per heavy atom. The summed E-state index contributed by atoms with van der Waals surface area (Å²) in [4.78, 5) is 0. The minimum Gasteiger partial charge on any atom is -0.428 e. The molecule has 0 unspecified atom stereocenters. The van der Waals surface area contributed by atoms with Gasteiger partial charge in [-0.2, -0.15) is 0 Å². The van der Waals surface area contributed by atoms with Crippen LogP contribution < -0.4 is 0 Å². The van der Waals surface area contributed by atoms with Crippen LogP contribution >= 0.6 is 36.7 Å². The van der Waals surface area contributed by atoms with Crippen LogP contribution in [0.4, 0.5) is 0 Å². The van der Waals surface area contributed by atoms with Gasteiger partial charge in [-0.15, -0.1) is 12.6 Å². The van der Waals surface area contributed by atoms with E-state index in [-0.39, 0.29) is 22.4 Å². The molecule has 0 amide bonds. The summed E-state index contributed by atoms with van der Waals surface area (Å²) in [5.41, 5.74) is 2.88. The van der Waals surface area contributed by atoms with Crippen molar-refractivity contribution in [3.8, 4) is 0 Å². The van der Waals surface area contributed by atoms with Crippen molar-refractivity contribution in [3.05, 3.63) is 108 Å². The molecule has 0 heterocycles. The third-order valence-electron chi connectivity index (χ3n) is 3.03. The maximum atomic E-state index is 4.78. The molecule has 0 aromatic heterocycles. The molecule has 0 spiro atoms. The van der Waals surface area contributed by atoms with Crippen LogP contribution in [0.15, 0.2) is 91.0 Å². The molecule has 0 saturated carbocycles. The average Bonchev–Trinajstić information content (AvgIpc) is 2.71. The van der Waals surface area contributed by atoms with Gasteiger partial charge in [0.05, 0.1) is 0 Å². The summed E-state index contributed by atoms with van der Waals surface area (Å²) in [5.74, 6) is 0. The summed E-state index contributed by atoms with van der Waals surface area (Å²) in [6.07, 6.45) is 0. The first-order chi connectivity index (χ1) is 12.9. The van der Waals surface area contributed by atoms with E-state index in [0.29, 0.717) is 12.6 Å². The van der Waals surface area contributed by atoms with Crippen LogP contribution in [0.5, 0.6) is 0 Å². The molecule has 3 aromatic rings. The topological polar surface area (TPSA) is 0 Å². The zero-order chi connectivity index (χ0) is 20.1. The Labute approximate surface area is 215 Å². The van der Waals surface area contributed by atoms with E-state index in [2.05, 4.69) is 0 Å². The number of hydrogen-bond donors (Lipinski definition) is 0. The van der Waals surface area contributed by atoms with Gasteiger partial charge in [0.15, 0.2) is 0 Å². The van der Waals surface area contributed by atoms with Crippen LogP contribution in [-0.2, 0) is 60.3 Å². The van der Waals surface area contributed by atoms with Crippen LogP contribution in [0.25, 0.3) is 0 Å². The second-order valence-electron chi connectivity index (χ2n) is 4.96. The minimum absolute atomic E-state index is 0. The fraction of sp³-hybridized carbons (Fsp3) is 0. The Bertz CT molecular complexity index is 734. The molecule has 0 saturated heterocycles. The quantitative estimate of drug-likeness (QED) is 0.200. The van der Waals surface area contributed by atoms with E-state index in [0.717, 1.165) is 16.7 Å². The maximum absolute atomic E-state index is 4.78. The monoisotopic (exact) mass is 656 g/mol. The molecule has 7 heteroatoms. The zero-order valence-electron chi connectivity index (χ0n) is 14.4. The molecule has 0 nitrogen and oxygen atoms in total. The molecular formula is C21H15AuS6. The summed E-state index contributed by atoms with van der Waals surface area (Å²) in [6.45, 7) is 0. The van der Waals surface area contributed by atoms with Gasteiger partial charge in [-0.1, -0.05) is 91.0 Å². The first kappa shape index (κ1) is 27.3. The predicted octanol–water partition coefficient (Wildman–Crippen LogP) is 5.72. The summed E-state index contributed by atoms with van der Waals surface area (Å²) in [6, 6.07) is 28.8. The normalized spacial score (nSPS) is 8.57. The Morgan fingerprint density at radius 3 is 0.714 bits per heavy atom. The molecule has 0 aliphatic heterocycles. The van der Waals surface area contributed by atoms with E-state index in [4.69, 9.17) is 74.5 Å². The van der Waals surface area contributed by atoms with Crippen molar-refractivity contribution in [1.82, 2.24) is 0 Å². The van der Waals surface area contributed by atoms with Crippen molar-refractivity contribution in [2.24, 2.45) is 0 Å². The molecule has 0 aliphatic carbocycles. The SMILES string of the molecule is S=C([S-])c1ccccc1.S=C([S-])c1ccccc1.S=C([S-])c1ccccc1.[Au+3]. The number of hydrogen-bond acceptors (Lipinski definition) is 6. The molecule has 146 valence electrons. The first-order valence-electron chi connectivity index (χ1n) is 7.71.